The first kappa shape index (κ1) is 12.4. The quantitative estimate of drug-likeness (QED) is 0.594. The van der Waals surface area contributed by atoms with Crippen LogP contribution >= 0.6 is 0 Å². The highest BCUT2D eigenvalue weighted by molar-refractivity contribution is 5.70. The second-order valence-corrected chi connectivity index (χ2v) is 3.46. The number of hydrogen-bond acceptors (Lipinski definition) is 4. The van der Waals surface area contributed by atoms with Crippen molar-refractivity contribution in [2.45, 2.75) is 38.6 Å². The van der Waals surface area contributed by atoms with Gasteiger partial charge in [-0.3, -0.25) is 4.79 Å². The second-order valence-electron chi connectivity index (χ2n) is 3.46. The lowest BCUT2D eigenvalue weighted by molar-refractivity contribution is -0.144. The van der Waals surface area contributed by atoms with Crippen LogP contribution in [0.2, 0.25) is 0 Å². The fourth-order valence-corrected chi connectivity index (χ4v) is 1.11. The minimum Gasteiger partial charge on any atom is -0.466 e. The molecular weight excluding hydrogens is 170 g/mol. The van der Waals surface area contributed by atoms with E-state index >= 15 is 0 Å². The van der Waals surface area contributed by atoms with Crippen LogP contribution in [0.1, 0.15) is 33.1 Å². The van der Waals surface area contributed by atoms with Crippen LogP contribution in [0.15, 0.2) is 0 Å². The minimum atomic E-state index is -0.561. The predicted molar refractivity (Wildman–Crippen MR) is 50.2 cm³/mol. The van der Waals surface area contributed by atoms with E-state index in [0.29, 0.717) is 19.4 Å². The molecule has 0 bridgehead atoms. The molecule has 78 valence electrons. The smallest absolute Gasteiger partial charge is 0.307 e. The summed E-state index contributed by atoms with van der Waals surface area (Å²) in [5.41, 5.74) is 5.26. The molecule has 4 nitrogen and oxygen atoms in total. The second kappa shape index (κ2) is 5.94. The summed E-state index contributed by atoms with van der Waals surface area (Å²) in [5.74, 6) is -0.273. The van der Waals surface area contributed by atoms with Gasteiger partial charge < -0.3 is 15.6 Å². The van der Waals surface area contributed by atoms with Crippen molar-refractivity contribution in [1.29, 1.82) is 0 Å². The summed E-state index contributed by atoms with van der Waals surface area (Å²) >= 11 is 0. The van der Waals surface area contributed by atoms with Gasteiger partial charge in [-0.25, -0.2) is 0 Å². The van der Waals surface area contributed by atoms with Gasteiger partial charge in [0.05, 0.1) is 13.0 Å². The van der Waals surface area contributed by atoms with E-state index in [1.54, 1.807) is 13.8 Å². The number of hydrogen-bond donors (Lipinski definition) is 2. The fourth-order valence-electron chi connectivity index (χ4n) is 1.11. The van der Waals surface area contributed by atoms with Crippen molar-refractivity contribution < 1.29 is 14.6 Å². The summed E-state index contributed by atoms with van der Waals surface area (Å²) < 4.78 is 4.78. The Bertz CT molecular complexity index is 157. The molecule has 0 fully saturated rings. The lowest BCUT2D eigenvalue weighted by Gasteiger charge is -2.22. The van der Waals surface area contributed by atoms with Gasteiger partial charge in [-0.15, -0.1) is 0 Å². The number of esters is 1. The lowest BCUT2D eigenvalue weighted by Crippen LogP contribution is -2.39. The summed E-state index contributed by atoms with van der Waals surface area (Å²) in [6, 6.07) is 0. The molecule has 13 heavy (non-hydrogen) atoms. The van der Waals surface area contributed by atoms with Crippen LogP contribution in [-0.2, 0) is 9.53 Å². The molecule has 1 atom stereocenters. The van der Waals surface area contributed by atoms with E-state index in [-0.39, 0.29) is 19.0 Å². The van der Waals surface area contributed by atoms with Gasteiger partial charge in [-0.05, 0) is 26.7 Å². The normalized spacial score (nSPS) is 15.1. The molecule has 1 unspecified atom stereocenters. The summed E-state index contributed by atoms with van der Waals surface area (Å²) in [7, 11) is 0. The third-order valence-corrected chi connectivity index (χ3v) is 1.76. The van der Waals surface area contributed by atoms with Gasteiger partial charge >= 0.3 is 5.97 Å². The lowest BCUT2D eigenvalue weighted by atomic mass is 9.93. The van der Waals surface area contributed by atoms with Crippen LogP contribution in [0.5, 0.6) is 0 Å². The molecule has 0 aliphatic carbocycles. The predicted octanol–water partition coefficient (Wildman–Crippen LogP) is 0.430. The first-order valence-corrected chi connectivity index (χ1v) is 4.57. The number of aliphatic hydroxyl groups excluding tert-OH is 1. The zero-order valence-corrected chi connectivity index (χ0v) is 8.38. The standard InChI is InChI=1S/C9H19NO3/c1-3-13-8(12)7-9(2,10)5-4-6-11/h11H,3-7,10H2,1-2H3. The molecule has 0 saturated heterocycles. The molecule has 0 aromatic heterocycles. The van der Waals surface area contributed by atoms with E-state index in [1.807, 2.05) is 0 Å². The van der Waals surface area contributed by atoms with Crippen molar-refractivity contribution in [2.24, 2.45) is 5.73 Å². The molecule has 0 aromatic carbocycles. The van der Waals surface area contributed by atoms with Gasteiger partial charge in [-0.2, -0.15) is 0 Å². The van der Waals surface area contributed by atoms with Gasteiger partial charge in [0.1, 0.15) is 0 Å². The van der Waals surface area contributed by atoms with Crippen LogP contribution in [0.4, 0.5) is 0 Å². The zero-order chi connectivity index (χ0) is 10.3. The Morgan fingerprint density at radius 1 is 1.62 bits per heavy atom. The maximum atomic E-state index is 11.1. The Balaban J connectivity index is 3.79. The van der Waals surface area contributed by atoms with Gasteiger partial charge in [-0.1, -0.05) is 0 Å². The van der Waals surface area contributed by atoms with Crippen LogP contribution in [0, 0.1) is 0 Å². The Labute approximate surface area is 79.1 Å². The van der Waals surface area contributed by atoms with Gasteiger partial charge in [0.2, 0.25) is 0 Å². The van der Waals surface area contributed by atoms with Crippen LogP contribution in [0.3, 0.4) is 0 Å². The van der Waals surface area contributed by atoms with E-state index < -0.39 is 5.54 Å². The Kier molecular flexibility index (Phi) is 5.66. The van der Waals surface area contributed by atoms with Gasteiger partial charge in [0.25, 0.3) is 0 Å². The number of rotatable bonds is 6. The molecule has 0 aromatic rings. The molecule has 0 aliphatic rings. The van der Waals surface area contributed by atoms with Crippen molar-refractivity contribution in [1.82, 2.24) is 0 Å². The van der Waals surface area contributed by atoms with Crippen LogP contribution in [-0.4, -0.2) is 29.8 Å². The molecule has 0 spiro atoms. The third kappa shape index (κ3) is 6.54. The molecule has 4 heteroatoms. The summed E-state index contributed by atoms with van der Waals surface area (Å²) in [6.45, 7) is 4.05. The minimum absolute atomic E-state index is 0.107. The first-order chi connectivity index (χ1) is 6.02. The average molecular weight is 189 g/mol. The van der Waals surface area contributed by atoms with Crippen molar-refractivity contribution in [3.8, 4) is 0 Å². The van der Waals surface area contributed by atoms with Crippen molar-refractivity contribution in [3.63, 3.8) is 0 Å². The topological polar surface area (TPSA) is 72.5 Å². The highest BCUT2D eigenvalue weighted by Gasteiger charge is 2.22. The third-order valence-electron chi connectivity index (χ3n) is 1.76. The molecule has 0 rings (SSSR count). The summed E-state index contributed by atoms with van der Waals surface area (Å²) in [5, 5.41) is 8.60. The highest BCUT2D eigenvalue weighted by atomic mass is 16.5. The summed E-state index contributed by atoms with van der Waals surface area (Å²) in [4.78, 5) is 11.1. The molecule has 0 heterocycles. The maximum Gasteiger partial charge on any atom is 0.307 e. The fraction of sp³-hybridized carbons (Fsp3) is 0.889. The largest absolute Gasteiger partial charge is 0.466 e. The molecule has 0 aliphatic heterocycles. The van der Waals surface area contributed by atoms with E-state index in [1.165, 1.54) is 0 Å². The first-order valence-electron chi connectivity index (χ1n) is 4.57. The molecule has 3 N–H and O–H groups in total. The number of aliphatic hydroxyl groups is 1. The number of ether oxygens (including phenoxy) is 1. The SMILES string of the molecule is CCOC(=O)CC(C)(N)CCCO. The Hall–Kier alpha value is -0.610. The van der Waals surface area contributed by atoms with Gasteiger partial charge in [0, 0.05) is 12.1 Å². The Morgan fingerprint density at radius 3 is 2.69 bits per heavy atom. The molecule has 0 saturated carbocycles. The summed E-state index contributed by atoms with van der Waals surface area (Å²) in [6.07, 6.45) is 1.45. The van der Waals surface area contributed by atoms with Crippen molar-refractivity contribution >= 4 is 5.97 Å². The van der Waals surface area contributed by atoms with E-state index in [0.717, 1.165) is 0 Å². The monoisotopic (exact) mass is 189 g/mol. The number of carbonyl (C=O) groups is 1. The van der Waals surface area contributed by atoms with Crippen molar-refractivity contribution in [3.05, 3.63) is 0 Å². The van der Waals surface area contributed by atoms with Crippen LogP contribution < -0.4 is 5.73 Å². The van der Waals surface area contributed by atoms with E-state index in [2.05, 4.69) is 0 Å². The van der Waals surface area contributed by atoms with Gasteiger partial charge in [0.15, 0.2) is 0 Å². The van der Waals surface area contributed by atoms with E-state index in [9.17, 15) is 4.79 Å². The molecular formula is C9H19NO3. The molecule has 0 amide bonds. The number of carbonyl (C=O) groups excluding carboxylic acids is 1. The Morgan fingerprint density at radius 2 is 2.23 bits per heavy atom. The van der Waals surface area contributed by atoms with Crippen LogP contribution in [0.25, 0.3) is 0 Å². The number of nitrogens with two attached hydrogens (primary N) is 1. The zero-order valence-electron chi connectivity index (χ0n) is 8.38. The van der Waals surface area contributed by atoms with E-state index in [4.69, 9.17) is 15.6 Å². The highest BCUT2D eigenvalue weighted by Crippen LogP contribution is 2.13. The average Bonchev–Trinajstić information content (AvgIpc) is 2.00. The maximum absolute atomic E-state index is 11.1. The van der Waals surface area contributed by atoms with Crippen molar-refractivity contribution in [2.75, 3.05) is 13.2 Å². The molecule has 0 radical (unpaired) electrons.